The van der Waals surface area contributed by atoms with Crippen LogP contribution in [0.5, 0.6) is 0 Å². The van der Waals surface area contributed by atoms with Gasteiger partial charge < -0.3 is 0 Å². The first kappa shape index (κ1) is 19.1. The van der Waals surface area contributed by atoms with Gasteiger partial charge in [0.1, 0.15) is 5.82 Å². The van der Waals surface area contributed by atoms with Crippen LogP contribution in [0, 0.1) is 17.2 Å². The van der Waals surface area contributed by atoms with Crippen molar-refractivity contribution in [2.45, 2.75) is 52.0 Å². The molecule has 1 aliphatic heterocycles. The first-order valence-electron chi connectivity index (χ1n) is 9.53. The summed E-state index contributed by atoms with van der Waals surface area (Å²) in [7, 11) is 0. The zero-order valence-electron chi connectivity index (χ0n) is 15.6. The van der Waals surface area contributed by atoms with E-state index in [1.54, 1.807) is 12.1 Å². The van der Waals surface area contributed by atoms with Gasteiger partial charge in [-0.1, -0.05) is 25.1 Å². The summed E-state index contributed by atoms with van der Waals surface area (Å²) in [5, 5.41) is 8.67. The quantitative estimate of drug-likeness (QED) is 0.478. The van der Waals surface area contributed by atoms with Crippen LogP contribution in [0.3, 0.4) is 0 Å². The lowest BCUT2D eigenvalue weighted by Gasteiger charge is -2.47. The molecular formula is C21H29FN2O2. The number of hydrogen-bond donors (Lipinski definition) is 2. The van der Waals surface area contributed by atoms with Crippen LogP contribution in [0.25, 0.3) is 0 Å². The molecule has 2 unspecified atom stereocenters. The van der Waals surface area contributed by atoms with Crippen molar-refractivity contribution < 1.29 is 14.4 Å². The lowest BCUT2D eigenvalue weighted by Crippen LogP contribution is -2.46. The number of nitrogens with zero attached hydrogens (tertiary/aromatic N) is 1. The van der Waals surface area contributed by atoms with Crippen molar-refractivity contribution in [3.63, 3.8) is 0 Å². The second-order valence-electron chi connectivity index (χ2n) is 8.26. The highest BCUT2D eigenvalue weighted by Gasteiger charge is 2.39. The first-order valence-corrected chi connectivity index (χ1v) is 9.53. The molecule has 26 heavy (non-hydrogen) atoms. The lowest BCUT2D eigenvalue weighted by molar-refractivity contribution is 0.0356. The zero-order chi connectivity index (χ0) is 18.7. The Morgan fingerprint density at radius 2 is 2.27 bits per heavy atom. The highest BCUT2D eigenvalue weighted by Crippen LogP contribution is 2.45. The molecule has 2 fully saturated rings. The van der Waals surface area contributed by atoms with Crippen molar-refractivity contribution in [3.8, 4) is 0 Å². The highest BCUT2D eigenvalue weighted by molar-refractivity contribution is 5.93. The molecule has 0 aromatic heterocycles. The summed E-state index contributed by atoms with van der Waals surface area (Å²) in [6.07, 6.45) is 7.15. The van der Waals surface area contributed by atoms with Crippen molar-refractivity contribution in [1.82, 2.24) is 10.4 Å². The number of nitrogens with one attached hydrogen (secondary N) is 1. The second-order valence-corrected chi connectivity index (χ2v) is 8.26. The molecule has 142 valence electrons. The fourth-order valence-electron chi connectivity index (χ4n) is 4.71. The van der Waals surface area contributed by atoms with Gasteiger partial charge in [-0.25, -0.2) is 9.87 Å². The SMILES string of the molecule is C=C1CCCC(C2(C)CCCN(Cc3ccc(C(=O)NO)cc3F)C2)C1. The van der Waals surface area contributed by atoms with Crippen LogP contribution >= 0.6 is 0 Å². The number of hydroxylamine groups is 1. The summed E-state index contributed by atoms with van der Waals surface area (Å²) >= 11 is 0. The topological polar surface area (TPSA) is 52.6 Å². The number of likely N-dealkylation sites (tertiary alicyclic amines) is 1. The van der Waals surface area contributed by atoms with Crippen molar-refractivity contribution in [2.24, 2.45) is 11.3 Å². The fourth-order valence-corrected chi connectivity index (χ4v) is 4.71. The molecule has 1 aromatic carbocycles. The van der Waals surface area contributed by atoms with Gasteiger partial charge in [-0.2, -0.15) is 0 Å². The first-order chi connectivity index (χ1) is 12.4. The molecule has 3 rings (SSSR count). The standard InChI is InChI=1S/C21H29FN2O2/c1-15-5-3-6-18(11-15)21(2)9-4-10-24(14-21)13-17-8-7-16(12-19(17)22)20(25)23-26/h7-8,12,18,26H,1,3-6,9-11,13-14H2,2H3,(H,23,25). The van der Waals surface area contributed by atoms with E-state index in [-0.39, 0.29) is 11.0 Å². The van der Waals surface area contributed by atoms with Gasteiger partial charge in [-0.3, -0.25) is 14.9 Å². The third-order valence-electron chi connectivity index (χ3n) is 6.22. The lowest BCUT2D eigenvalue weighted by atomic mass is 9.65. The van der Waals surface area contributed by atoms with Crippen molar-refractivity contribution >= 4 is 5.91 Å². The molecule has 0 spiro atoms. The number of amides is 1. The predicted molar refractivity (Wildman–Crippen MR) is 99.4 cm³/mol. The maximum Gasteiger partial charge on any atom is 0.274 e. The summed E-state index contributed by atoms with van der Waals surface area (Å²) in [5.41, 5.74) is 3.89. The van der Waals surface area contributed by atoms with E-state index < -0.39 is 11.7 Å². The molecule has 0 bridgehead atoms. The largest absolute Gasteiger partial charge is 0.298 e. The molecule has 2 N–H and O–H groups in total. The normalized spacial score (nSPS) is 27.3. The molecule has 1 saturated carbocycles. The Labute approximate surface area is 155 Å². The van der Waals surface area contributed by atoms with Crippen LogP contribution in [0.1, 0.15) is 61.4 Å². The number of carbonyl (C=O) groups excluding carboxylic acids is 1. The van der Waals surface area contributed by atoms with E-state index in [0.717, 1.165) is 32.4 Å². The maximum absolute atomic E-state index is 14.4. The molecular weight excluding hydrogens is 331 g/mol. The van der Waals surface area contributed by atoms with Crippen LogP contribution in [0.15, 0.2) is 30.4 Å². The third-order valence-corrected chi connectivity index (χ3v) is 6.22. The minimum Gasteiger partial charge on any atom is -0.298 e. The summed E-state index contributed by atoms with van der Waals surface area (Å²) in [6.45, 7) is 9.09. The number of rotatable bonds is 4. The summed E-state index contributed by atoms with van der Waals surface area (Å²) < 4.78 is 14.4. The van der Waals surface area contributed by atoms with Gasteiger partial charge in [-0.05, 0) is 68.5 Å². The number of hydrogen-bond acceptors (Lipinski definition) is 3. The van der Waals surface area contributed by atoms with Gasteiger partial charge in [0.15, 0.2) is 0 Å². The smallest absolute Gasteiger partial charge is 0.274 e. The van der Waals surface area contributed by atoms with E-state index in [9.17, 15) is 9.18 Å². The number of halogens is 1. The molecule has 1 saturated heterocycles. The van der Waals surface area contributed by atoms with E-state index in [1.165, 1.54) is 36.4 Å². The highest BCUT2D eigenvalue weighted by atomic mass is 19.1. The van der Waals surface area contributed by atoms with Gasteiger partial charge in [-0.15, -0.1) is 0 Å². The third kappa shape index (κ3) is 4.15. The van der Waals surface area contributed by atoms with Crippen molar-refractivity contribution in [2.75, 3.05) is 13.1 Å². The Morgan fingerprint density at radius 1 is 1.46 bits per heavy atom. The summed E-state index contributed by atoms with van der Waals surface area (Å²) in [4.78, 5) is 13.7. The van der Waals surface area contributed by atoms with Crippen molar-refractivity contribution in [3.05, 3.63) is 47.3 Å². The van der Waals surface area contributed by atoms with Crippen LogP contribution in [0.4, 0.5) is 4.39 Å². The maximum atomic E-state index is 14.4. The number of piperidine rings is 1. The molecule has 1 aromatic rings. The van der Waals surface area contributed by atoms with E-state index in [2.05, 4.69) is 18.4 Å². The van der Waals surface area contributed by atoms with E-state index in [4.69, 9.17) is 5.21 Å². The molecule has 1 aliphatic carbocycles. The van der Waals surface area contributed by atoms with E-state index >= 15 is 0 Å². The molecule has 2 aliphatic rings. The monoisotopic (exact) mass is 360 g/mol. The Balaban J connectivity index is 1.68. The molecule has 2 atom stereocenters. The Kier molecular flexibility index (Phi) is 5.78. The van der Waals surface area contributed by atoms with Crippen LogP contribution < -0.4 is 5.48 Å². The Morgan fingerprint density at radius 3 is 2.96 bits per heavy atom. The number of benzene rings is 1. The van der Waals surface area contributed by atoms with Crippen LogP contribution in [-0.2, 0) is 6.54 Å². The molecule has 0 radical (unpaired) electrons. The summed E-state index contributed by atoms with van der Waals surface area (Å²) in [6, 6.07) is 4.39. The average molecular weight is 360 g/mol. The Hall–Kier alpha value is -1.72. The van der Waals surface area contributed by atoms with E-state index in [0.29, 0.717) is 18.0 Å². The predicted octanol–water partition coefficient (Wildman–Crippen LogP) is 4.29. The Bertz CT molecular complexity index is 691. The van der Waals surface area contributed by atoms with Gasteiger partial charge in [0, 0.05) is 24.2 Å². The summed E-state index contributed by atoms with van der Waals surface area (Å²) in [5.74, 6) is -0.421. The molecule has 1 heterocycles. The number of allylic oxidation sites excluding steroid dienone is 1. The van der Waals surface area contributed by atoms with Gasteiger partial charge >= 0.3 is 0 Å². The zero-order valence-corrected chi connectivity index (χ0v) is 15.6. The average Bonchev–Trinajstić information content (AvgIpc) is 2.63. The van der Waals surface area contributed by atoms with Gasteiger partial charge in [0.25, 0.3) is 5.91 Å². The second kappa shape index (κ2) is 7.89. The van der Waals surface area contributed by atoms with Crippen LogP contribution in [0.2, 0.25) is 0 Å². The molecule has 1 amide bonds. The minimum atomic E-state index is -0.696. The molecule has 4 nitrogen and oxygen atoms in total. The van der Waals surface area contributed by atoms with Crippen molar-refractivity contribution in [1.29, 1.82) is 0 Å². The van der Waals surface area contributed by atoms with Crippen LogP contribution in [-0.4, -0.2) is 29.1 Å². The van der Waals surface area contributed by atoms with Gasteiger partial charge in [0.05, 0.1) is 0 Å². The van der Waals surface area contributed by atoms with E-state index in [1.807, 2.05) is 0 Å². The molecule has 5 heteroatoms. The van der Waals surface area contributed by atoms with Gasteiger partial charge in [0.2, 0.25) is 0 Å². The fraction of sp³-hybridized carbons (Fsp3) is 0.571. The minimum absolute atomic E-state index is 0.123. The number of carbonyl (C=O) groups is 1.